The fourth-order valence-electron chi connectivity index (χ4n) is 1.83. The molecule has 1 aromatic rings. The number of rotatable bonds is 4. The molecule has 1 aliphatic rings. The minimum Gasteiger partial charge on any atom is -0.321 e. The summed E-state index contributed by atoms with van der Waals surface area (Å²) in [5, 5.41) is 7.86. The number of nitrogens with zero attached hydrogens (tertiary/aromatic N) is 2. The molecule has 1 fully saturated rings. The molecule has 0 amide bonds. The van der Waals surface area contributed by atoms with Gasteiger partial charge in [0.05, 0.1) is 11.8 Å². The van der Waals surface area contributed by atoms with Gasteiger partial charge in [-0.05, 0) is 19.8 Å². The minimum absolute atomic E-state index is 0.0773. The lowest BCUT2D eigenvalue weighted by molar-refractivity contribution is 0.745. The zero-order valence-electron chi connectivity index (χ0n) is 9.07. The van der Waals surface area contributed by atoms with Crippen LogP contribution in [0.1, 0.15) is 50.3 Å². The first kappa shape index (κ1) is 11.0. The number of H-pyrrole nitrogens is 1. The maximum Gasteiger partial charge on any atom is 0.167 e. The van der Waals surface area contributed by atoms with E-state index in [1.165, 1.54) is 25.7 Å². The summed E-state index contributed by atoms with van der Waals surface area (Å²) in [4.78, 5) is 4.36. The Balaban J connectivity index is 1.82. The third-order valence-corrected chi connectivity index (χ3v) is 4.10. The number of aromatic nitrogens is 3. The molecule has 1 saturated carbocycles. The highest BCUT2D eigenvalue weighted by atomic mass is 32.2. The standard InChI is InChI=1S/C10H18N4S/c1-7(11)10-12-9(13-14-10)6-15-8-4-2-3-5-8/h7-8H,2-6,11H2,1H3,(H,12,13,14). The summed E-state index contributed by atoms with van der Waals surface area (Å²) in [6.07, 6.45) is 5.50. The SMILES string of the molecule is CC(N)c1n[nH]c(CSC2CCCC2)n1. The molecular formula is C10H18N4S. The van der Waals surface area contributed by atoms with Gasteiger partial charge in [0.1, 0.15) is 5.82 Å². The van der Waals surface area contributed by atoms with Crippen LogP contribution < -0.4 is 5.73 Å². The van der Waals surface area contributed by atoms with Crippen molar-refractivity contribution >= 4 is 11.8 Å². The molecule has 1 atom stereocenters. The van der Waals surface area contributed by atoms with E-state index in [2.05, 4.69) is 15.2 Å². The third-order valence-electron chi connectivity index (χ3n) is 2.71. The van der Waals surface area contributed by atoms with Crippen LogP contribution in [0.25, 0.3) is 0 Å². The lowest BCUT2D eigenvalue weighted by Crippen LogP contribution is -2.06. The predicted molar refractivity (Wildman–Crippen MR) is 62.5 cm³/mol. The van der Waals surface area contributed by atoms with Crippen molar-refractivity contribution < 1.29 is 0 Å². The van der Waals surface area contributed by atoms with Crippen molar-refractivity contribution in [2.75, 3.05) is 0 Å². The van der Waals surface area contributed by atoms with E-state index >= 15 is 0 Å². The van der Waals surface area contributed by atoms with Crippen LogP contribution in [-0.2, 0) is 5.75 Å². The maximum absolute atomic E-state index is 5.69. The second-order valence-electron chi connectivity index (χ2n) is 4.15. The fourth-order valence-corrected chi connectivity index (χ4v) is 3.02. The molecule has 0 aliphatic heterocycles. The number of hydrogen-bond donors (Lipinski definition) is 2. The summed E-state index contributed by atoms with van der Waals surface area (Å²) in [6, 6.07) is -0.0773. The van der Waals surface area contributed by atoms with Crippen LogP contribution in [0.15, 0.2) is 0 Å². The number of nitrogens with one attached hydrogen (secondary N) is 1. The van der Waals surface area contributed by atoms with Crippen LogP contribution in [0.3, 0.4) is 0 Å². The van der Waals surface area contributed by atoms with Crippen molar-refractivity contribution in [1.29, 1.82) is 0 Å². The van der Waals surface area contributed by atoms with Gasteiger partial charge >= 0.3 is 0 Å². The lowest BCUT2D eigenvalue weighted by Gasteiger charge is -2.05. The summed E-state index contributed by atoms with van der Waals surface area (Å²) < 4.78 is 0. The summed E-state index contributed by atoms with van der Waals surface area (Å²) in [5.41, 5.74) is 5.69. The molecule has 1 heterocycles. The highest BCUT2D eigenvalue weighted by Crippen LogP contribution is 2.30. The highest BCUT2D eigenvalue weighted by Gasteiger charge is 2.16. The summed E-state index contributed by atoms with van der Waals surface area (Å²) in [5.74, 6) is 2.61. The third kappa shape index (κ3) is 2.95. The summed E-state index contributed by atoms with van der Waals surface area (Å²) in [7, 11) is 0. The van der Waals surface area contributed by atoms with Crippen LogP contribution >= 0.6 is 11.8 Å². The van der Waals surface area contributed by atoms with Gasteiger partial charge in [0.15, 0.2) is 5.82 Å². The molecule has 0 radical (unpaired) electrons. The van der Waals surface area contributed by atoms with E-state index in [0.717, 1.165) is 22.7 Å². The van der Waals surface area contributed by atoms with E-state index in [1.807, 2.05) is 18.7 Å². The smallest absolute Gasteiger partial charge is 0.167 e. The molecule has 1 aliphatic carbocycles. The molecular weight excluding hydrogens is 208 g/mol. The average Bonchev–Trinajstić information content (AvgIpc) is 2.86. The van der Waals surface area contributed by atoms with Crippen LogP contribution in [-0.4, -0.2) is 20.4 Å². The Labute approximate surface area is 94.4 Å². The van der Waals surface area contributed by atoms with Crippen LogP contribution in [0, 0.1) is 0 Å². The van der Waals surface area contributed by atoms with Crippen molar-refractivity contribution in [2.45, 2.75) is 49.7 Å². The van der Waals surface area contributed by atoms with E-state index in [-0.39, 0.29) is 6.04 Å². The zero-order chi connectivity index (χ0) is 10.7. The molecule has 0 aromatic carbocycles. The van der Waals surface area contributed by atoms with Crippen molar-refractivity contribution in [3.63, 3.8) is 0 Å². The van der Waals surface area contributed by atoms with E-state index in [9.17, 15) is 0 Å². The number of thioether (sulfide) groups is 1. The molecule has 84 valence electrons. The van der Waals surface area contributed by atoms with E-state index in [1.54, 1.807) is 0 Å². The fraction of sp³-hybridized carbons (Fsp3) is 0.800. The van der Waals surface area contributed by atoms with E-state index < -0.39 is 0 Å². The van der Waals surface area contributed by atoms with Gasteiger partial charge in [0, 0.05) is 5.25 Å². The average molecular weight is 226 g/mol. The Bertz CT molecular complexity index is 304. The van der Waals surface area contributed by atoms with Gasteiger partial charge < -0.3 is 5.73 Å². The predicted octanol–water partition coefficient (Wildman–Crippen LogP) is 2.00. The molecule has 0 bridgehead atoms. The zero-order valence-corrected chi connectivity index (χ0v) is 9.89. The molecule has 15 heavy (non-hydrogen) atoms. The first-order valence-corrected chi connectivity index (χ1v) is 6.59. The molecule has 0 saturated heterocycles. The molecule has 5 heteroatoms. The van der Waals surface area contributed by atoms with Gasteiger partial charge in [-0.3, -0.25) is 5.10 Å². The molecule has 2 rings (SSSR count). The van der Waals surface area contributed by atoms with Crippen molar-refractivity contribution in [3.05, 3.63) is 11.6 Å². The molecule has 0 spiro atoms. The molecule has 1 aromatic heterocycles. The maximum atomic E-state index is 5.69. The van der Waals surface area contributed by atoms with Gasteiger partial charge in [-0.15, -0.1) is 0 Å². The first-order chi connectivity index (χ1) is 7.25. The Morgan fingerprint density at radius 3 is 2.87 bits per heavy atom. The normalized spacial score (nSPS) is 19.6. The quantitative estimate of drug-likeness (QED) is 0.824. The first-order valence-electron chi connectivity index (χ1n) is 5.54. The summed E-state index contributed by atoms with van der Waals surface area (Å²) >= 11 is 1.99. The number of aromatic amines is 1. The van der Waals surface area contributed by atoms with E-state index in [0.29, 0.717) is 0 Å². The van der Waals surface area contributed by atoms with Gasteiger partial charge in [-0.25, -0.2) is 4.98 Å². The Morgan fingerprint density at radius 2 is 2.27 bits per heavy atom. The Hall–Kier alpha value is -0.550. The van der Waals surface area contributed by atoms with Gasteiger partial charge in [0.25, 0.3) is 0 Å². The number of hydrogen-bond acceptors (Lipinski definition) is 4. The van der Waals surface area contributed by atoms with Gasteiger partial charge in [-0.2, -0.15) is 16.9 Å². The van der Waals surface area contributed by atoms with Crippen LogP contribution in [0.2, 0.25) is 0 Å². The van der Waals surface area contributed by atoms with Gasteiger partial charge in [-0.1, -0.05) is 12.8 Å². The molecule has 1 unspecified atom stereocenters. The topological polar surface area (TPSA) is 67.6 Å². The minimum atomic E-state index is -0.0773. The van der Waals surface area contributed by atoms with Crippen molar-refractivity contribution in [2.24, 2.45) is 5.73 Å². The monoisotopic (exact) mass is 226 g/mol. The highest BCUT2D eigenvalue weighted by molar-refractivity contribution is 7.99. The van der Waals surface area contributed by atoms with Crippen LogP contribution in [0.4, 0.5) is 0 Å². The van der Waals surface area contributed by atoms with Crippen molar-refractivity contribution in [1.82, 2.24) is 15.2 Å². The Morgan fingerprint density at radius 1 is 1.53 bits per heavy atom. The molecule has 4 nitrogen and oxygen atoms in total. The second-order valence-corrected chi connectivity index (χ2v) is 5.44. The Kier molecular flexibility index (Phi) is 3.64. The molecule has 3 N–H and O–H groups in total. The van der Waals surface area contributed by atoms with Crippen LogP contribution in [0.5, 0.6) is 0 Å². The second kappa shape index (κ2) is 4.99. The van der Waals surface area contributed by atoms with Gasteiger partial charge in [0.2, 0.25) is 0 Å². The largest absolute Gasteiger partial charge is 0.321 e. The summed E-state index contributed by atoms with van der Waals surface area (Å²) in [6.45, 7) is 1.90. The van der Waals surface area contributed by atoms with E-state index in [4.69, 9.17) is 5.73 Å². The lowest BCUT2D eigenvalue weighted by atomic mass is 10.3. The van der Waals surface area contributed by atoms with Crippen molar-refractivity contribution in [3.8, 4) is 0 Å². The number of nitrogens with two attached hydrogens (primary N) is 1.